The number of halogens is 3. The van der Waals surface area contributed by atoms with Gasteiger partial charge in [0.1, 0.15) is 17.3 Å². The summed E-state index contributed by atoms with van der Waals surface area (Å²) in [7, 11) is 0. The Balaban J connectivity index is 1.79. The van der Waals surface area contributed by atoms with E-state index in [1.54, 1.807) is 6.92 Å². The van der Waals surface area contributed by atoms with E-state index in [-0.39, 0.29) is 17.4 Å². The molecule has 8 heteroatoms. The van der Waals surface area contributed by atoms with Crippen LogP contribution in [-0.2, 0) is 6.18 Å². The fourth-order valence-electron chi connectivity index (χ4n) is 3.24. The molecule has 5 nitrogen and oxygen atoms in total. The van der Waals surface area contributed by atoms with Crippen LogP contribution in [0.15, 0.2) is 30.3 Å². The highest BCUT2D eigenvalue weighted by molar-refractivity contribution is 6.03. The third kappa shape index (κ3) is 4.96. The molecular weight excluding hydrogens is 357 g/mol. The smallest absolute Gasteiger partial charge is 0.367 e. The van der Waals surface area contributed by atoms with Crippen LogP contribution in [0.3, 0.4) is 0 Å². The fraction of sp³-hybridized carbons (Fsp3) is 0.421. The van der Waals surface area contributed by atoms with Gasteiger partial charge in [-0.2, -0.15) is 13.2 Å². The summed E-state index contributed by atoms with van der Waals surface area (Å²) in [4.78, 5) is 20.9. The molecule has 1 aliphatic rings. The quantitative estimate of drug-likeness (QED) is 0.802. The lowest BCUT2D eigenvalue weighted by Gasteiger charge is -2.23. The maximum atomic E-state index is 13.1. The Hall–Kier alpha value is -2.64. The van der Waals surface area contributed by atoms with Gasteiger partial charge in [0.2, 0.25) is 0 Å². The van der Waals surface area contributed by atoms with Crippen molar-refractivity contribution < 1.29 is 18.0 Å². The predicted molar refractivity (Wildman–Crippen MR) is 96.7 cm³/mol. The highest BCUT2D eigenvalue weighted by Gasteiger charge is 2.33. The SMILES string of the molecule is Cc1nc(NC2CCCCC2)cc(C(=O)Nc2ccccc2C(F)(F)F)n1. The molecule has 0 atom stereocenters. The molecular formula is C19H21F3N4O. The van der Waals surface area contributed by atoms with Gasteiger partial charge in [0.15, 0.2) is 0 Å². The summed E-state index contributed by atoms with van der Waals surface area (Å²) in [5, 5.41) is 5.62. The summed E-state index contributed by atoms with van der Waals surface area (Å²) >= 11 is 0. The fourth-order valence-corrected chi connectivity index (χ4v) is 3.24. The van der Waals surface area contributed by atoms with E-state index in [9.17, 15) is 18.0 Å². The number of amides is 1. The van der Waals surface area contributed by atoms with Crippen molar-refractivity contribution in [3.8, 4) is 0 Å². The summed E-state index contributed by atoms with van der Waals surface area (Å²) < 4.78 is 39.3. The van der Waals surface area contributed by atoms with Gasteiger partial charge in [0.05, 0.1) is 11.3 Å². The van der Waals surface area contributed by atoms with Crippen LogP contribution in [-0.4, -0.2) is 21.9 Å². The van der Waals surface area contributed by atoms with Crippen LogP contribution >= 0.6 is 0 Å². The lowest BCUT2D eigenvalue weighted by atomic mass is 9.95. The van der Waals surface area contributed by atoms with Crippen LogP contribution in [0.25, 0.3) is 0 Å². The van der Waals surface area contributed by atoms with Crippen LogP contribution in [0.5, 0.6) is 0 Å². The van der Waals surface area contributed by atoms with E-state index < -0.39 is 17.6 Å². The monoisotopic (exact) mass is 378 g/mol. The van der Waals surface area contributed by atoms with E-state index in [0.29, 0.717) is 11.6 Å². The van der Waals surface area contributed by atoms with Crippen LogP contribution in [0.2, 0.25) is 0 Å². The van der Waals surface area contributed by atoms with Crippen LogP contribution < -0.4 is 10.6 Å². The number of rotatable bonds is 4. The summed E-state index contributed by atoms with van der Waals surface area (Å²) in [6.45, 7) is 1.65. The molecule has 1 aliphatic carbocycles. The van der Waals surface area contributed by atoms with Gasteiger partial charge in [-0.05, 0) is 31.9 Å². The normalized spacial score (nSPS) is 15.4. The highest BCUT2D eigenvalue weighted by Crippen LogP contribution is 2.34. The Bertz CT molecular complexity index is 817. The maximum Gasteiger partial charge on any atom is 0.418 e. The van der Waals surface area contributed by atoms with E-state index in [4.69, 9.17) is 0 Å². The van der Waals surface area contributed by atoms with Crippen molar-refractivity contribution >= 4 is 17.4 Å². The average Bonchev–Trinajstić information content (AvgIpc) is 2.61. The first-order chi connectivity index (χ1) is 12.8. The van der Waals surface area contributed by atoms with Gasteiger partial charge in [0.25, 0.3) is 5.91 Å². The molecule has 0 spiro atoms. The molecule has 1 aromatic heterocycles. The number of hydrogen-bond acceptors (Lipinski definition) is 4. The zero-order valence-electron chi connectivity index (χ0n) is 14.9. The first-order valence-corrected chi connectivity index (χ1v) is 8.93. The minimum absolute atomic E-state index is 0.0257. The Labute approximate surface area is 155 Å². The second kappa shape index (κ2) is 7.94. The van der Waals surface area contributed by atoms with Gasteiger partial charge in [-0.1, -0.05) is 31.4 Å². The number of alkyl halides is 3. The molecule has 1 fully saturated rings. The van der Waals surface area contributed by atoms with E-state index in [1.165, 1.54) is 30.7 Å². The number of nitrogens with one attached hydrogen (secondary N) is 2. The first kappa shape index (κ1) is 19.1. The molecule has 1 saturated carbocycles. The number of hydrogen-bond donors (Lipinski definition) is 2. The number of anilines is 2. The predicted octanol–water partition coefficient (Wildman–Crippen LogP) is 4.80. The summed E-state index contributed by atoms with van der Waals surface area (Å²) in [5.41, 5.74) is -1.17. The molecule has 2 N–H and O–H groups in total. The topological polar surface area (TPSA) is 66.9 Å². The minimum atomic E-state index is -4.56. The molecule has 0 bridgehead atoms. The Morgan fingerprint density at radius 1 is 1.11 bits per heavy atom. The van der Waals surface area contributed by atoms with Crippen molar-refractivity contribution in [3.63, 3.8) is 0 Å². The average molecular weight is 378 g/mol. The zero-order valence-corrected chi connectivity index (χ0v) is 14.9. The largest absolute Gasteiger partial charge is 0.418 e. The standard InChI is InChI=1S/C19H21F3N4O/c1-12-23-16(11-17(24-12)25-13-7-3-2-4-8-13)18(27)26-15-10-6-5-9-14(15)19(20,21)22/h5-6,9-11,13H,2-4,7-8H2,1H3,(H,26,27)(H,23,24,25). The van der Waals surface area contributed by atoms with Crippen LogP contribution in [0.4, 0.5) is 24.7 Å². The van der Waals surface area contributed by atoms with Crippen molar-refractivity contribution in [1.82, 2.24) is 9.97 Å². The number of benzene rings is 1. The lowest BCUT2D eigenvalue weighted by molar-refractivity contribution is -0.136. The van der Waals surface area contributed by atoms with Crippen molar-refractivity contribution in [2.24, 2.45) is 0 Å². The molecule has 1 amide bonds. The van der Waals surface area contributed by atoms with Gasteiger partial charge < -0.3 is 10.6 Å². The van der Waals surface area contributed by atoms with Crippen LogP contribution in [0, 0.1) is 6.92 Å². The Morgan fingerprint density at radius 3 is 2.52 bits per heavy atom. The number of aryl methyl sites for hydroxylation is 1. The molecule has 0 radical (unpaired) electrons. The maximum absolute atomic E-state index is 13.1. The van der Waals surface area contributed by atoms with Gasteiger partial charge in [-0.3, -0.25) is 4.79 Å². The van der Waals surface area contributed by atoms with E-state index >= 15 is 0 Å². The molecule has 2 aromatic rings. The van der Waals surface area contributed by atoms with Gasteiger partial charge in [0, 0.05) is 12.1 Å². The second-order valence-corrected chi connectivity index (χ2v) is 6.66. The highest BCUT2D eigenvalue weighted by atomic mass is 19.4. The number of aromatic nitrogens is 2. The molecule has 3 rings (SSSR count). The van der Waals surface area contributed by atoms with Gasteiger partial charge in [-0.25, -0.2) is 9.97 Å². The van der Waals surface area contributed by atoms with E-state index in [2.05, 4.69) is 20.6 Å². The third-order valence-corrected chi connectivity index (χ3v) is 4.51. The summed E-state index contributed by atoms with van der Waals surface area (Å²) in [6, 6.07) is 6.63. The van der Waals surface area contributed by atoms with E-state index in [1.807, 2.05) is 0 Å². The lowest BCUT2D eigenvalue weighted by Crippen LogP contribution is -2.24. The molecule has 1 aromatic carbocycles. The van der Waals surface area contributed by atoms with Crippen LogP contribution in [0.1, 0.15) is 54.0 Å². The molecule has 0 aliphatic heterocycles. The third-order valence-electron chi connectivity index (χ3n) is 4.51. The minimum Gasteiger partial charge on any atom is -0.367 e. The molecule has 27 heavy (non-hydrogen) atoms. The van der Waals surface area contributed by atoms with Crippen molar-refractivity contribution in [3.05, 3.63) is 47.4 Å². The number of para-hydroxylation sites is 1. The number of nitrogens with zero attached hydrogens (tertiary/aromatic N) is 2. The first-order valence-electron chi connectivity index (χ1n) is 8.93. The van der Waals surface area contributed by atoms with Gasteiger partial charge in [-0.15, -0.1) is 0 Å². The Morgan fingerprint density at radius 2 is 1.81 bits per heavy atom. The zero-order chi connectivity index (χ0) is 19.4. The molecule has 144 valence electrons. The van der Waals surface area contributed by atoms with Crippen molar-refractivity contribution in [1.29, 1.82) is 0 Å². The molecule has 0 saturated heterocycles. The van der Waals surface area contributed by atoms with Crippen molar-refractivity contribution in [2.75, 3.05) is 10.6 Å². The Kier molecular flexibility index (Phi) is 5.62. The summed E-state index contributed by atoms with van der Waals surface area (Å²) in [6.07, 6.45) is 1.01. The van der Waals surface area contributed by atoms with Gasteiger partial charge >= 0.3 is 6.18 Å². The number of carbonyl (C=O) groups is 1. The van der Waals surface area contributed by atoms with Crippen molar-refractivity contribution in [2.45, 2.75) is 51.2 Å². The molecule has 0 unspecified atom stereocenters. The second-order valence-electron chi connectivity index (χ2n) is 6.66. The molecule has 1 heterocycles. The number of carbonyl (C=O) groups excluding carboxylic acids is 1. The van der Waals surface area contributed by atoms with E-state index in [0.717, 1.165) is 31.7 Å². The summed E-state index contributed by atoms with van der Waals surface area (Å²) in [5.74, 6) is 0.192.